The number of rotatable bonds is 7. The van der Waals surface area contributed by atoms with E-state index in [-0.39, 0.29) is 23.1 Å². The second kappa shape index (κ2) is 11.3. The summed E-state index contributed by atoms with van der Waals surface area (Å²) in [6.45, 7) is 5.30. The van der Waals surface area contributed by atoms with Gasteiger partial charge in [0, 0.05) is 50.9 Å². The van der Waals surface area contributed by atoms with Crippen LogP contribution < -0.4 is 26.4 Å². The van der Waals surface area contributed by atoms with Crippen molar-refractivity contribution in [2.75, 3.05) is 61.4 Å². The van der Waals surface area contributed by atoms with Crippen molar-refractivity contribution in [2.24, 2.45) is 5.73 Å². The number of benzene rings is 1. The summed E-state index contributed by atoms with van der Waals surface area (Å²) in [5.74, 6) is 1.42. The average molecular weight is 580 g/mol. The minimum atomic E-state index is -0.667. The number of amides is 1. The van der Waals surface area contributed by atoms with Gasteiger partial charge in [-0.3, -0.25) is 9.59 Å². The molecule has 3 aromatic heterocycles. The van der Waals surface area contributed by atoms with Gasteiger partial charge in [0.2, 0.25) is 0 Å². The zero-order chi connectivity index (χ0) is 29.5. The molecule has 1 aliphatic carbocycles. The van der Waals surface area contributed by atoms with Crippen LogP contribution in [0, 0.1) is 0 Å². The molecule has 4 aromatic rings. The Morgan fingerprint density at radius 3 is 2.53 bits per heavy atom. The van der Waals surface area contributed by atoms with E-state index in [4.69, 9.17) is 10.7 Å². The van der Waals surface area contributed by atoms with Gasteiger partial charge in [0.05, 0.1) is 24.1 Å². The fourth-order valence-electron chi connectivity index (χ4n) is 6.26. The predicted molar refractivity (Wildman–Crippen MR) is 168 cm³/mol. The maximum atomic E-state index is 13.5. The molecule has 11 heteroatoms. The van der Waals surface area contributed by atoms with Crippen LogP contribution in [-0.4, -0.2) is 76.6 Å². The van der Waals surface area contributed by atoms with Gasteiger partial charge in [0.15, 0.2) is 11.5 Å². The zero-order valence-corrected chi connectivity index (χ0v) is 24.4. The summed E-state index contributed by atoms with van der Waals surface area (Å²) in [4.78, 5) is 46.2. The molecule has 5 heterocycles. The highest BCUT2D eigenvalue weighted by Gasteiger charge is 2.26. The highest BCUT2D eigenvalue weighted by atomic mass is 16.1. The molecule has 7 rings (SSSR count). The van der Waals surface area contributed by atoms with E-state index in [0.29, 0.717) is 24.1 Å². The molecular weight excluding hydrogens is 542 g/mol. The van der Waals surface area contributed by atoms with E-state index in [2.05, 4.69) is 55.2 Å². The van der Waals surface area contributed by atoms with Gasteiger partial charge in [-0.05, 0) is 73.9 Å². The summed E-state index contributed by atoms with van der Waals surface area (Å²) < 4.78 is 1.86. The third-order valence-electron chi connectivity index (χ3n) is 8.97. The van der Waals surface area contributed by atoms with E-state index in [1.165, 1.54) is 18.4 Å². The number of nitrogens with one attached hydrogen (secondary N) is 1. The van der Waals surface area contributed by atoms with Crippen LogP contribution in [0.25, 0.3) is 10.8 Å². The molecule has 3 fully saturated rings. The summed E-state index contributed by atoms with van der Waals surface area (Å²) >= 11 is 0. The molecule has 0 unspecified atom stereocenters. The Balaban J connectivity index is 1.10. The molecule has 0 spiro atoms. The monoisotopic (exact) mass is 579 g/mol. The fourth-order valence-corrected chi connectivity index (χ4v) is 6.26. The first kappa shape index (κ1) is 27.3. The van der Waals surface area contributed by atoms with Gasteiger partial charge >= 0.3 is 0 Å². The number of piperidine rings is 1. The first-order chi connectivity index (χ1) is 20.9. The number of pyridine rings is 2. The van der Waals surface area contributed by atoms with Gasteiger partial charge < -0.3 is 30.3 Å². The van der Waals surface area contributed by atoms with Crippen LogP contribution in [0.2, 0.25) is 0 Å². The number of carbonyl (C=O) groups excluding carboxylic acids is 1. The molecule has 3 N–H and O–H groups in total. The molecule has 3 aliphatic rings. The number of nitrogens with two attached hydrogens (primary N) is 1. The normalized spacial score (nSPS) is 19.5. The van der Waals surface area contributed by atoms with Crippen molar-refractivity contribution in [3.63, 3.8) is 0 Å². The van der Waals surface area contributed by atoms with Crippen LogP contribution in [-0.2, 0) is 0 Å². The van der Waals surface area contributed by atoms with Crippen molar-refractivity contribution in [3.8, 4) is 0 Å². The number of piperazine rings is 1. The van der Waals surface area contributed by atoms with E-state index in [0.717, 1.165) is 62.0 Å². The van der Waals surface area contributed by atoms with Crippen molar-refractivity contribution in [3.05, 3.63) is 76.6 Å². The topological polar surface area (TPSA) is 126 Å². The van der Waals surface area contributed by atoms with Crippen LogP contribution in [0.1, 0.15) is 53.7 Å². The van der Waals surface area contributed by atoms with Gasteiger partial charge in [0.25, 0.3) is 11.5 Å². The number of anilines is 4. The van der Waals surface area contributed by atoms with E-state index in [1.54, 1.807) is 6.20 Å². The Bertz CT molecular complexity index is 1710. The lowest BCUT2D eigenvalue weighted by atomic mass is 10.0. The Morgan fingerprint density at radius 2 is 1.79 bits per heavy atom. The largest absolute Gasteiger partial charge is 0.368 e. The SMILES string of the molecule is CN1CCN(c2ccc(Nc3nc(N4CCC[C@@H](n5ccc6cc(C7CC7)ccc6c5=O)C4)cnc3C(N)=O)nc2)CC1. The van der Waals surface area contributed by atoms with Crippen molar-refractivity contribution in [2.45, 2.75) is 37.6 Å². The van der Waals surface area contributed by atoms with E-state index in [9.17, 15) is 9.59 Å². The molecule has 0 radical (unpaired) electrons. The molecule has 222 valence electrons. The van der Waals surface area contributed by atoms with Crippen LogP contribution >= 0.6 is 0 Å². The summed E-state index contributed by atoms with van der Waals surface area (Å²) in [5, 5.41) is 4.93. The third kappa shape index (κ3) is 5.64. The van der Waals surface area contributed by atoms with Crippen LogP contribution in [0.15, 0.2) is 59.8 Å². The Morgan fingerprint density at radius 1 is 0.953 bits per heavy atom. The number of primary amides is 1. The number of hydrogen-bond acceptors (Lipinski definition) is 9. The number of carbonyl (C=O) groups is 1. The van der Waals surface area contributed by atoms with Gasteiger partial charge in [-0.15, -0.1) is 0 Å². The van der Waals surface area contributed by atoms with Crippen LogP contribution in [0.4, 0.5) is 23.1 Å². The molecular formula is C32H37N9O2. The maximum Gasteiger partial charge on any atom is 0.271 e. The molecule has 2 aliphatic heterocycles. The predicted octanol–water partition coefficient (Wildman–Crippen LogP) is 3.50. The van der Waals surface area contributed by atoms with Crippen molar-refractivity contribution in [1.29, 1.82) is 0 Å². The molecule has 1 aromatic carbocycles. The number of aromatic nitrogens is 4. The lowest BCUT2D eigenvalue weighted by Crippen LogP contribution is -2.44. The number of nitrogens with zero attached hydrogens (tertiary/aromatic N) is 7. The summed E-state index contributed by atoms with van der Waals surface area (Å²) in [5.41, 5.74) is 8.13. The second-order valence-corrected chi connectivity index (χ2v) is 12.0. The van der Waals surface area contributed by atoms with Gasteiger partial charge in [0.1, 0.15) is 11.6 Å². The van der Waals surface area contributed by atoms with Gasteiger partial charge in [-0.25, -0.2) is 15.0 Å². The highest BCUT2D eigenvalue weighted by molar-refractivity contribution is 5.96. The lowest BCUT2D eigenvalue weighted by Gasteiger charge is -2.34. The molecule has 11 nitrogen and oxygen atoms in total. The summed E-state index contributed by atoms with van der Waals surface area (Å²) in [6, 6.07) is 12.2. The van der Waals surface area contributed by atoms with Crippen molar-refractivity contribution >= 4 is 39.8 Å². The summed E-state index contributed by atoms with van der Waals surface area (Å²) in [6.07, 6.45) is 9.61. The lowest BCUT2D eigenvalue weighted by molar-refractivity contribution is 0.0996. The standard InChI is InChI=1S/C32H37N9O2/c1-38-13-15-39(16-14-38)24-7-9-27(34-18-24)36-31-29(30(33)42)35-19-28(37-31)40-11-2-3-25(20-40)41-12-10-23-17-22(21-4-5-21)6-8-26(23)32(41)43/h6-10,12,17-19,21,25H,2-5,11,13-16,20H2,1H3,(H2,33,42)(H,34,36,37)/t25-/m1/s1. The van der Waals surface area contributed by atoms with Crippen molar-refractivity contribution in [1.82, 2.24) is 24.4 Å². The molecule has 0 bridgehead atoms. The van der Waals surface area contributed by atoms with E-state index >= 15 is 0 Å². The van der Waals surface area contributed by atoms with E-state index < -0.39 is 5.91 Å². The molecule has 1 amide bonds. The number of likely N-dealkylation sites (N-methyl/N-ethyl adjacent to an activating group) is 1. The van der Waals surface area contributed by atoms with Crippen LogP contribution in [0.5, 0.6) is 0 Å². The molecule has 43 heavy (non-hydrogen) atoms. The zero-order valence-electron chi connectivity index (χ0n) is 24.4. The van der Waals surface area contributed by atoms with Gasteiger partial charge in [-0.2, -0.15) is 0 Å². The minimum absolute atomic E-state index is 0.00781. The Kier molecular flexibility index (Phi) is 7.18. The first-order valence-electron chi connectivity index (χ1n) is 15.2. The third-order valence-corrected chi connectivity index (χ3v) is 8.97. The Labute approximate surface area is 250 Å². The quantitative estimate of drug-likeness (QED) is 0.338. The average Bonchev–Trinajstić information content (AvgIpc) is 3.88. The molecule has 2 saturated heterocycles. The van der Waals surface area contributed by atoms with Gasteiger partial charge in [-0.1, -0.05) is 12.1 Å². The van der Waals surface area contributed by atoms with E-state index in [1.807, 2.05) is 35.2 Å². The number of hydrogen-bond donors (Lipinski definition) is 2. The Hall–Kier alpha value is -4.51. The minimum Gasteiger partial charge on any atom is -0.368 e. The smallest absolute Gasteiger partial charge is 0.271 e. The van der Waals surface area contributed by atoms with Crippen LogP contribution in [0.3, 0.4) is 0 Å². The molecule has 1 saturated carbocycles. The van der Waals surface area contributed by atoms with Crippen molar-refractivity contribution < 1.29 is 4.79 Å². The maximum absolute atomic E-state index is 13.5. The highest BCUT2D eigenvalue weighted by Crippen LogP contribution is 2.40. The number of fused-ring (bicyclic) bond motifs is 1. The fraction of sp³-hybridized carbons (Fsp3) is 0.406. The summed E-state index contributed by atoms with van der Waals surface area (Å²) in [7, 11) is 2.13. The first-order valence-corrected chi connectivity index (χ1v) is 15.2. The second-order valence-electron chi connectivity index (χ2n) is 12.0. The molecule has 1 atom stereocenters.